The normalized spacial score (nSPS) is 25.8. The van der Waals surface area contributed by atoms with Gasteiger partial charge in [-0.25, -0.2) is 0 Å². The maximum atomic E-state index is 12.9. The summed E-state index contributed by atoms with van der Waals surface area (Å²) in [6, 6.07) is 3.10. The molecule has 0 bridgehead atoms. The first-order chi connectivity index (χ1) is 13.4. The van der Waals surface area contributed by atoms with Crippen LogP contribution in [0.1, 0.15) is 56.5 Å². The van der Waals surface area contributed by atoms with Crippen molar-refractivity contribution in [3.05, 3.63) is 17.5 Å². The van der Waals surface area contributed by atoms with Gasteiger partial charge < -0.3 is 10.2 Å². The Morgan fingerprint density at radius 3 is 2.46 bits per heavy atom. The molecule has 0 radical (unpaired) electrons. The number of hydrogen-bond donors (Lipinski definition) is 1. The zero-order valence-electron chi connectivity index (χ0n) is 17.4. The molecule has 0 aromatic carbocycles. The highest BCUT2D eigenvalue weighted by molar-refractivity contribution is 5.77. The van der Waals surface area contributed by atoms with E-state index in [-0.39, 0.29) is 11.8 Å². The molecule has 1 aromatic rings. The van der Waals surface area contributed by atoms with Crippen LogP contribution in [0.25, 0.3) is 0 Å². The molecular formula is C21H33N5O2. The highest BCUT2D eigenvalue weighted by Gasteiger charge is 2.40. The van der Waals surface area contributed by atoms with E-state index in [1.807, 2.05) is 11.8 Å². The van der Waals surface area contributed by atoms with Gasteiger partial charge in [0.25, 0.3) is 0 Å². The average Bonchev–Trinajstić information content (AvgIpc) is 3.24. The largest absolute Gasteiger partial charge is 0.355 e. The minimum Gasteiger partial charge on any atom is -0.355 e. The number of nitrogens with zero attached hydrogens (tertiary/aromatic N) is 4. The van der Waals surface area contributed by atoms with Gasteiger partial charge in [-0.2, -0.15) is 5.10 Å². The van der Waals surface area contributed by atoms with E-state index in [0.717, 1.165) is 44.1 Å². The standard InChI is InChI=1S/C21H33N5O2/c1-14-8-15(2)26(23-14)20-12-24(13-20)21(28)9-18-6-7-19(10-22-16(3)27)25(18)11-17-4-5-17/h8,17-20H,4-7,9-13H2,1-3H3,(H,22,27)/t18-,19+/m0/s1. The summed E-state index contributed by atoms with van der Waals surface area (Å²) in [5.74, 6) is 1.08. The fourth-order valence-electron chi connectivity index (χ4n) is 4.77. The van der Waals surface area contributed by atoms with Gasteiger partial charge >= 0.3 is 0 Å². The van der Waals surface area contributed by atoms with Crippen LogP contribution < -0.4 is 5.32 Å². The zero-order valence-corrected chi connectivity index (χ0v) is 17.4. The molecule has 3 heterocycles. The number of aromatic nitrogens is 2. The molecule has 0 unspecified atom stereocenters. The van der Waals surface area contributed by atoms with Gasteiger partial charge in [-0.05, 0) is 51.5 Å². The van der Waals surface area contributed by atoms with Crippen molar-refractivity contribution < 1.29 is 9.59 Å². The predicted molar refractivity (Wildman–Crippen MR) is 107 cm³/mol. The van der Waals surface area contributed by atoms with Gasteiger partial charge in [0, 0.05) is 57.3 Å². The molecule has 1 N–H and O–H groups in total. The Kier molecular flexibility index (Phi) is 5.45. The quantitative estimate of drug-likeness (QED) is 0.772. The fraction of sp³-hybridized carbons (Fsp3) is 0.762. The first kappa shape index (κ1) is 19.4. The molecular weight excluding hydrogens is 354 g/mol. The first-order valence-corrected chi connectivity index (χ1v) is 10.7. The van der Waals surface area contributed by atoms with Crippen LogP contribution in [0, 0.1) is 19.8 Å². The summed E-state index contributed by atoms with van der Waals surface area (Å²) in [5.41, 5.74) is 2.20. The van der Waals surface area contributed by atoms with Crippen LogP contribution in [-0.4, -0.2) is 69.7 Å². The molecule has 2 amide bonds. The van der Waals surface area contributed by atoms with Gasteiger partial charge in [-0.1, -0.05) is 0 Å². The van der Waals surface area contributed by atoms with Crippen molar-refractivity contribution in [1.82, 2.24) is 24.9 Å². The smallest absolute Gasteiger partial charge is 0.224 e. The lowest BCUT2D eigenvalue weighted by Gasteiger charge is -2.41. The number of aryl methyl sites for hydroxylation is 2. The first-order valence-electron chi connectivity index (χ1n) is 10.7. The Bertz CT molecular complexity index is 735. The summed E-state index contributed by atoms with van der Waals surface area (Å²) in [6.45, 7) is 8.99. The van der Waals surface area contributed by atoms with Gasteiger partial charge in [0.05, 0.1) is 11.7 Å². The van der Waals surface area contributed by atoms with Crippen molar-refractivity contribution in [3.63, 3.8) is 0 Å². The molecule has 1 saturated carbocycles. The molecule has 2 aliphatic heterocycles. The Hall–Kier alpha value is -1.89. The van der Waals surface area contributed by atoms with E-state index in [0.29, 0.717) is 31.1 Å². The Morgan fingerprint density at radius 2 is 1.86 bits per heavy atom. The summed E-state index contributed by atoms with van der Waals surface area (Å²) < 4.78 is 2.07. The second-order valence-corrected chi connectivity index (χ2v) is 8.99. The fourth-order valence-corrected chi connectivity index (χ4v) is 4.77. The van der Waals surface area contributed by atoms with Crippen LogP contribution in [0.4, 0.5) is 0 Å². The van der Waals surface area contributed by atoms with Crippen molar-refractivity contribution in [3.8, 4) is 0 Å². The van der Waals surface area contributed by atoms with Crippen LogP contribution in [0.2, 0.25) is 0 Å². The number of carbonyl (C=O) groups is 2. The molecule has 7 heteroatoms. The number of nitrogens with one attached hydrogen (secondary N) is 1. The van der Waals surface area contributed by atoms with Gasteiger partial charge in [0.15, 0.2) is 0 Å². The predicted octanol–water partition coefficient (Wildman–Crippen LogP) is 1.65. The lowest BCUT2D eigenvalue weighted by atomic mass is 10.1. The topological polar surface area (TPSA) is 70.5 Å². The Morgan fingerprint density at radius 1 is 1.14 bits per heavy atom. The number of hydrogen-bond acceptors (Lipinski definition) is 4. The number of amides is 2. The maximum Gasteiger partial charge on any atom is 0.224 e. The third kappa shape index (κ3) is 4.24. The molecule has 2 atom stereocenters. The third-order valence-corrected chi connectivity index (χ3v) is 6.54. The lowest BCUT2D eigenvalue weighted by Crippen LogP contribution is -2.53. The summed E-state index contributed by atoms with van der Waals surface area (Å²) in [5, 5.41) is 7.54. The molecule has 0 spiro atoms. The molecule has 28 heavy (non-hydrogen) atoms. The monoisotopic (exact) mass is 387 g/mol. The van der Waals surface area contributed by atoms with Gasteiger partial charge in [0.2, 0.25) is 11.8 Å². The lowest BCUT2D eigenvalue weighted by molar-refractivity contribution is -0.138. The molecule has 1 aliphatic carbocycles. The number of likely N-dealkylation sites (tertiary alicyclic amines) is 2. The summed E-state index contributed by atoms with van der Waals surface area (Å²) in [6.07, 6.45) is 5.34. The van der Waals surface area contributed by atoms with Crippen molar-refractivity contribution in [1.29, 1.82) is 0 Å². The molecule has 4 rings (SSSR count). The maximum absolute atomic E-state index is 12.9. The van der Waals surface area contributed by atoms with Crippen molar-refractivity contribution in [2.45, 2.75) is 71.0 Å². The van der Waals surface area contributed by atoms with Crippen LogP contribution in [0.3, 0.4) is 0 Å². The van der Waals surface area contributed by atoms with E-state index < -0.39 is 0 Å². The average molecular weight is 388 g/mol. The number of rotatable bonds is 7. The molecule has 3 fully saturated rings. The number of carbonyl (C=O) groups excluding carboxylic acids is 2. The van der Waals surface area contributed by atoms with Crippen LogP contribution in [0.15, 0.2) is 6.07 Å². The van der Waals surface area contributed by atoms with E-state index in [9.17, 15) is 9.59 Å². The van der Waals surface area contributed by atoms with Crippen molar-refractivity contribution >= 4 is 11.8 Å². The van der Waals surface area contributed by atoms with Gasteiger partial charge in [-0.3, -0.25) is 19.2 Å². The molecule has 3 aliphatic rings. The summed E-state index contributed by atoms with van der Waals surface area (Å²) >= 11 is 0. The van der Waals surface area contributed by atoms with Crippen LogP contribution in [0.5, 0.6) is 0 Å². The van der Waals surface area contributed by atoms with E-state index in [1.54, 1.807) is 6.92 Å². The zero-order chi connectivity index (χ0) is 19.8. The van der Waals surface area contributed by atoms with Crippen molar-refractivity contribution in [2.24, 2.45) is 5.92 Å². The van der Waals surface area contributed by atoms with Crippen LogP contribution in [-0.2, 0) is 9.59 Å². The summed E-state index contributed by atoms with van der Waals surface area (Å²) in [7, 11) is 0. The van der Waals surface area contributed by atoms with Crippen molar-refractivity contribution in [2.75, 3.05) is 26.2 Å². The minimum absolute atomic E-state index is 0.0293. The van der Waals surface area contributed by atoms with E-state index >= 15 is 0 Å². The van der Waals surface area contributed by atoms with E-state index in [1.165, 1.54) is 18.5 Å². The molecule has 7 nitrogen and oxygen atoms in total. The second-order valence-electron chi connectivity index (χ2n) is 8.99. The Balaban J connectivity index is 1.30. The van der Waals surface area contributed by atoms with E-state index in [4.69, 9.17) is 0 Å². The highest BCUT2D eigenvalue weighted by atomic mass is 16.2. The summed E-state index contributed by atoms with van der Waals surface area (Å²) in [4.78, 5) is 28.7. The third-order valence-electron chi connectivity index (χ3n) is 6.54. The van der Waals surface area contributed by atoms with E-state index in [2.05, 4.69) is 33.0 Å². The van der Waals surface area contributed by atoms with Gasteiger partial charge in [0.1, 0.15) is 0 Å². The molecule has 2 saturated heterocycles. The molecule has 1 aromatic heterocycles. The second kappa shape index (κ2) is 7.85. The molecule has 154 valence electrons. The minimum atomic E-state index is 0.0293. The SMILES string of the molecule is CC(=O)NC[C@H]1CC[C@@H](CC(=O)N2CC(n3nc(C)cc3C)C2)N1CC1CC1. The Labute approximate surface area is 167 Å². The van der Waals surface area contributed by atoms with Gasteiger partial charge in [-0.15, -0.1) is 0 Å². The highest BCUT2D eigenvalue weighted by Crippen LogP contribution is 2.36. The van der Waals surface area contributed by atoms with Crippen LogP contribution >= 0.6 is 0 Å².